The fourth-order valence-electron chi connectivity index (χ4n) is 3.51. The molecule has 0 saturated heterocycles. The van der Waals surface area contributed by atoms with Crippen molar-refractivity contribution in [3.8, 4) is 0 Å². The van der Waals surface area contributed by atoms with Crippen molar-refractivity contribution in [3.63, 3.8) is 0 Å². The molecule has 0 N–H and O–H groups in total. The van der Waals surface area contributed by atoms with Crippen molar-refractivity contribution in [2.45, 2.75) is 117 Å². The van der Waals surface area contributed by atoms with Crippen molar-refractivity contribution in [2.24, 2.45) is 0 Å². The van der Waals surface area contributed by atoms with Gasteiger partial charge in [0.05, 0.1) is 0 Å². The van der Waals surface area contributed by atoms with Gasteiger partial charge in [-0.1, -0.05) is 88.8 Å². The summed E-state index contributed by atoms with van der Waals surface area (Å²) < 4.78 is 0. The molecule has 1 unspecified atom stereocenters. The zero-order valence-electron chi connectivity index (χ0n) is 20.4. The summed E-state index contributed by atoms with van der Waals surface area (Å²) in [5.74, 6) is 0. The molecule has 0 spiro atoms. The molecule has 170 valence electrons. The molecule has 1 atom stereocenters. The maximum absolute atomic E-state index is 4.41. The van der Waals surface area contributed by atoms with Gasteiger partial charge in [-0.3, -0.25) is 0 Å². The Kier molecular flexibility index (Phi) is 20.4. The number of allylic oxidation sites excluding steroid dienone is 5. The lowest BCUT2D eigenvalue weighted by atomic mass is 10.0. The van der Waals surface area contributed by atoms with E-state index in [1.807, 2.05) is 0 Å². The lowest BCUT2D eigenvalue weighted by molar-refractivity contribution is 0.605. The van der Waals surface area contributed by atoms with Gasteiger partial charge in [0.2, 0.25) is 0 Å². The van der Waals surface area contributed by atoms with Gasteiger partial charge in [0.1, 0.15) is 0 Å². The fourth-order valence-corrected chi connectivity index (χ4v) is 4.82. The third kappa shape index (κ3) is 22.0. The van der Waals surface area contributed by atoms with Crippen molar-refractivity contribution < 1.29 is 0 Å². The van der Waals surface area contributed by atoms with E-state index in [1.54, 1.807) is 0 Å². The zero-order valence-corrected chi connectivity index (χ0v) is 21.3. The Hall–Kier alpha value is -0.480. The van der Waals surface area contributed by atoms with Crippen LogP contribution in [0.25, 0.3) is 0 Å². The Balaban J connectivity index is 3.36. The first-order chi connectivity index (χ1) is 14.0. The van der Waals surface area contributed by atoms with Crippen molar-refractivity contribution in [1.82, 2.24) is 0 Å². The van der Waals surface area contributed by atoms with Gasteiger partial charge >= 0.3 is 0 Å². The molecule has 0 radical (unpaired) electrons. The van der Waals surface area contributed by atoms with Crippen LogP contribution in [0.2, 0.25) is 0 Å². The molecule has 0 amide bonds. The number of unbranched alkanes of at least 4 members (excludes halogenated alkanes) is 10. The van der Waals surface area contributed by atoms with Gasteiger partial charge < -0.3 is 0 Å². The zero-order chi connectivity index (χ0) is 21.6. The molecule has 0 aliphatic heterocycles. The Morgan fingerprint density at radius 3 is 1.79 bits per heavy atom. The standard InChI is InChI=1S/C28H53P/c1-6-8-9-10-11-12-13-14-15-16-17-18-19-20-22-25-28(3)26-23-21-24-27-29(4,5)7-2/h11-12,14-15H,3-4,6-10,13,16-27H2,1-2,5H3/b12-11-,15-14-. The smallest absolute Gasteiger partial charge is 0.0169 e. The minimum atomic E-state index is -0.813. The highest BCUT2D eigenvalue weighted by Gasteiger charge is 2.03. The summed E-state index contributed by atoms with van der Waals surface area (Å²) in [6, 6.07) is 0. The molecule has 29 heavy (non-hydrogen) atoms. The van der Waals surface area contributed by atoms with E-state index >= 15 is 0 Å². The first-order valence-electron chi connectivity index (χ1n) is 12.7. The first-order valence-corrected chi connectivity index (χ1v) is 15.5. The molecule has 0 aliphatic carbocycles. The predicted molar refractivity (Wildman–Crippen MR) is 142 cm³/mol. The lowest BCUT2D eigenvalue weighted by Crippen LogP contribution is -1.92. The third-order valence-electron chi connectivity index (χ3n) is 5.97. The molecular formula is C28H53P. The SMILES string of the molecule is C=C(CCCCCCC/C=C\C/C=C\CCCCC)CCCCCP(=C)(C)CC. The van der Waals surface area contributed by atoms with Crippen LogP contribution in [0.15, 0.2) is 36.5 Å². The van der Waals surface area contributed by atoms with Gasteiger partial charge in [0.15, 0.2) is 0 Å². The highest BCUT2D eigenvalue weighted by molar-refractivity contribution is 7.72. The summed E-state index contributed by atoms with van der Waals surface area (Å²) >= 11 is 0. The predicted octanol–water partition coefficient (Wildman–Crippen LogP) is 10.0. The molecular weight excluding hydrogens is 367 g/mol. The molecule has 0 nitrogen and oxygen atoms in total. The third-order valence-corrected chi connectivity index (χ3v) is 8.90. The normalized spacial score (nSPS) is 14.0. The maximum atomic E-state index is 4.41. The van der Waals surface area contributed by atoms with E-state index in [2.05, 4.69) is 57.7 Å². The van der Waals surface area contributed by atoms with Crippen molar-refractivity contribution >= 4 is 13.2 Å². The van der Waals surface area contributed by atoms with E-state index in [9.17, 15) is 0 Å². The van der Waals surface area contributed by atoms with Gasteiger partial charge in [-0.2, -0.15) is 0 Å². The second-order valence-corrected chi connectivity index (χ2v) is 13.5. The van der Waals surface area contributed by atoms with E-state index in [-0.39, 0.29) is 0 Å². The van der Waals surface area contributed by atoms with Crippen LogP contribution in [0.3, 0.4) is 0 Å². The van der Waals surface area contributed by atoms with Crippen LogP contribution in [-0.4, -0.2) is 25.3 Å². The van der Waals surface area contributed by atoms with Crippen molar-refractivity contribution in [3.05, 3.63) is 36.5 Å². The molecule has 0 fully saturated rings. The second-order valence-electron chi connectivity index (χ2n) is 9.20. The quantitative estimate of drug-likeness (QED) is 0.0984. The molecule has 0 rings (SSSR count). The van der Waals surface area contributed by atoms with Crippen LogP contribution < -0.4 is 0 Å². The molecule has 0 aliphatic rings. The van der Waals surface area contributed by atoms with E-state index in [0.717, 1.165) is 6.42 Å². The van der Waals surface area contributed by atoms with Crippen LogP contribution in [0.4, 0.5) is 0 Å². The summed E-state index contributed by atoms with van der Waals surface area (Å²) in [5.41, 5.74) is 1.48. The van der Waals surface area contributed by atoms with Crippen LogP contribution in [0, 0.1) is 0 Å². The van der Waals surface area contributed by atoms with Gasteiger partial charge in [-0.25, -0.2) is 0 Å². The monoisotopic (exact) mass is 420 g/mol. The van der Waals surface area contributed by atoms with Crippen LogP contribution >= 0.6 is 6.89 Å². The average Bonchev–Trinajstić information content (AvgIpc) is 2.70. The van der Waals surface area contributed by atoms with Crippen LogP contribution in [-0.2, 0) is 0 Å². The maximum Gasteiger partial charge on any atom is -0.0169 e. The Bertz CT molecular complexity index is 469. The summed E-state index contributed by atoms with van der Waals surface area (Å²) in [6.07, 6.45) is 37.5. The summed E-state index contributed by atoms with van der Waals surface area (Å²) in [4.78, 5) is 0. The minimum absolute atomic E-state index is 0.813. The number of rotatable bonds is 21. The minimum Gasteiger partial charge on any atom is -0.115 e. The molecule has 0 aromatic carbocycles. The molecule has 1 heteroatoms. The van der Waals surface area contributed by atoms with Crippen molar-refractivity contribution in [1.29, 1.82) is 0 Å². The Labute approximate surface area is 185 Å². The van der Waals surface area contributed by atoms with Gasteiger partial charge in [-0.15, -0.1) is 13.2 Å². The van der Waals surface area contributed by atoms with Crippen LogP contribution in [0.5, 0.6) is 0 Å². The molecule has 0 saturated carbocycles. The topological polar surface area (TPSA) is 0 Å². The summed E-state index contributed by atoms with van der Waals surface area (Å²) in [6.45, 7) is 10.5. The second kappa shape index (κ2) is 20.8. The van der Waals surface area contributed by atoms with E-state index in [0.29, 0.717) is 0 Å². The fraction of sp³-hybridized carbons (Fsp3) is 0.750. The van der Waals surface area contributed by atoms with E-state index in [4.69, 9.17) is 0 Å². The highest BCUT2D eigenvalue weighted by atomic mass is 31.2. The number of hydrogen-bond donors (Lipinski definition) is 0. The summed E-state index contributed by atoms with van der Waals surface area (Å²) in [5, 5.41) is 0. The molecule has 0 heterocycles. The van der Waals surface area contributed by atoms with Crippen LogP contribution in [0.1, 0.15) is 117 Å². The Morgan fingerprint density at radius 1 is 0.690 bits per heavy atom. The van der Waals surface area contributed by atoms with Crippen molar-refractivity contribution in [2.75, 3.05) is 19.0 Å². The van der Waals surface area contributed by atoms with Gasteiger partial charge in [0.25, 0.3) is 0 Å². The first kappa shape index (κ1) is 28.5. The highest BCUT2D eigenvalue weighted by Crippen LogP contribution is 2.40. The van der Waals surface area contributed by atoms with Gasteiger partial charge in [-0.05, 0) is 83.2 Å². The van der Waals surface area contributed by atoms with Gasteiger partial charge in [0, 0.05) is 0 Å². The largest absolute Gasteiger partial charge is 0.115 e. The number of hydrogen-bond acceptors (Lipinski definition) is 0. The average molecular weight is 421 g/mol. The Morgan fingerprint density at radius 2 is 1.21 bits per heavy atom. The summed E-state index contributed by atoms with van der Waals surface area (Å²) in [7, 11) is 0. The van der Waals surface area contributed by atoms with E-state index < -0.39 is 6.89 Å². The van der Waals surface area contributed by atoms with E-state index in [1.165, 1.54) is 114 Å². The molecule has 0 bridgehead atoms. The molecule has 0 aromatic rings. The molecule has 0 aromatic heterocycles. The lowest BCUT2D eigenvalue weighted by Gasteiger charge is -2.16.